The van der Waals surface area contributed by atoms with Crippen LogP contribution in [0.15, 0.2) is 30.5 Å². The third-order valence-electron chi connectivity index (χ3n) is 2.91. The lowest BCUT2D eigenvalue weighted by molar-refractivity contribution is 0.187. The van der Waals surface area contributed by atoms with Crippen LogP contribution in [0.25, 0.3) is 11.3 Å². The summed E-state index contributed by atoms with van der Waals surface area (Å²) in [4.78, 5) is 7.61. The normalized spacial score (nSPS) is 12.6. The van der Waals surface area contributed by atoms with Gasteiger partial charge in [0.1, 0.15) is 5.82 Å². The number of imidazole rings is 1. The maximum atomic E-state index is 6.03. The zero-order valence-electron chi connectivity index (χ0n) is 10.8. The van der Waals surface area contributed by atoms with Crippen LogP contribution < -0.4 is 5.73 Å². The van der Waals surface area contributed by atoms with Gasteiger partial charge in [0.2, 0.25) is 0 Å². The number of hydrogen-bond donors (Lipinski definition) is 2. The first-order chi connectivity index (χ1) is 8.70. The first-order valence-corrected chi connectivity index (χ1v) is 6.07. The number of benzene rings is 1. The molecule has 0 aliphatic carbocycles. The van der Waals surface area contributed by atoms with Crippen molar-refractivity contribution in [1.29, 1.82) is 0 Å². The van der Waals surface area contributed by atoms with E-state index in [1.807, 2.05) is 12.3 Å². The van der Waals surface area contributed by atoms with E-state index in [1.54, 1.807) is 7.11 Å². The molecule has 0 spiro atoms. The number of methoxy groups -OCH3 is 1. The predicted octanol–water partition coefficient (Wildman–Crippen LogP) is 2.42. The molecule has 0 aliphatic heterocycles. The van der Waals surface area contributed by atoms with Crippen molar-refractivity contribution in [2.45, 2.75) is 19.4 Å². The molecule has 0 bridgehead atoms. The van der Waals surface area contributed by atoms with Crippen molar-refractivity contribution in [1.82, 2.24) is 9.97 Å². The summed E-state index contributed by atoms with van der Waals surface area (Å²) >= 11 is 0. The minimum Gasteiger partial charge on any atom is -0.385 e. The first kappa shape index (κ1) is 12.8. The van der Waals surface area contributed by atoms with Crippen molar-refractivity contribution in [3.8, 4) is 11.3 Å². The molecular formula is C14H19N3O. The summed E-state index contributed by atoms with van der Waals surface area (Å²) in [5, 5.41) is 0. The Labute approximate surface area is 107 Å². The highest BCUT2D eigenvalue weighted by Crippen LogP contribution is 2.20. The Morgan fingerprint density at radius 3 is 3.00 bits per heavy atom. The lowest BCUT2D eigenvalue weighted by atomic mass is 10.1. The number of aryl methyl sites for hydroxylation is 1. The van der Waals surface area contributed by atoms with Crippen LogP contribution in [0.4, 0.5) is 0 Å². The second-order valence-electron chi connectivity index (χ2n) is 4.44. The molecule has 4 heteroatoms. The molecule has 2 aromatic rings. The molecule has 1 aromatic heterocycles. The van der Waals surface area contributed by atoms with Gasteiger partial charge in [-0.05, 0) is 25.0 Å². The van der Waals surface area contributed by atoms with Crippen molar-refractivity contribution in [2.24, 2.45) is 5.73 Å². The second kappa shape index (κ2) is 5.80. The Kier molecular flexibility index (Phi) is 4.12. The van der Waals surface area contributed by atoms with Crippen molar-refractivity contribution in [3.63, 3.8) is 0 Å². The molecule has 2 rings (SSSR count). The number of aromatic nitrogens is 2. The van der Waals surface area contributed by atoms with Gasteiger partial charge >= 0.3 is 0 Å². The largest absolute Gasteiger partial charge is 0.385 e. The molecule has 1 unspecified atom stereocenters. The van der Waals surface area contributed by atoms with Gasteiger partial charge in [0, 0.05) is 13.7 Å². The highest BCUT2D eigenvalue weighted by Gasteiger charge is 2.10. The van der Waals surface area contributed by atoms with E-state index < -0.39 is 0 Å². The van der Waals surface area contributed by atoms with Gasteiger partial charge in [0.15, 0.2) is 0 Å². The number of nitrogens with one attached hydrogen (secondary N) is 1. The fourth-order valence-electron chi connectivity index (χ4n) is 1.87. The standard InChI is InChI=1S/C14H19N3O/c1-10-4-3-5-11(8-10)13-9-16-14(17-13)12(15)6-7-18-2/h3-5,8-9,12H,6-7,15H2,1-2H3,(H,16,17). The summed E-state index contributed by atoms with van der Waals surface area (Å²) in [6, 6.07) is 8.19. The van der Waals surface area contributed by atoms with Crippen molar-refractivity contribution in [2.75, 3.05) is 13.7 Å². The van der Waals surface area contributed by atoms with Crippen molar-refractivity contribution in [3.05, 3.63) is 41.9 Å². The van der Waals surface area contributed by atoms with Crippen LogP contribution in [0, 0.1) is 6.92 Å². The quantitative estimate of drug-likeness (QED) is 0.850. The number of H-pyrrole nitrogens is 1. The molecule has 1 atom stereocenters. The summed E-state index contributed by atoms with van der Waals surface area (Å²) < 4.78 is 5.02. The minimum absolute atomic E-state index is 0.108. The Hall–Kier alpha value is -1.65. The van der Waals surface area contributed by atoms with Crippen LogP contribution in [0.1, 0.15) is 23.9 Å². The number of rotatable bonds is 5. The molecule has 1 heterocycles. The highest BCUT2D eigenvalue weighted by atomic mass is 16.5. The molecule has 0 saturated carbocycles. The van der Waals surface area contributed by atoms with Crippen molar-refractivity contribution >= 4 is 0 Å². The maximum absolute atomic E-state index is 6.03. The Morgan fingerprint density at radius 2 is 2.28 bits per heavy atom. The Balaban J connectivity index is 2.15. The average Bonchev–Trinajstić information content (AvgIpc) is 2.85. The van der Waals surface area contributed by atoms with E-state index in [0.29, 0.717) is 6.61 Å². The van der Waals surface area contributed by atoms with Gasteiger partial charge in [0.05, 0.1) is 17.9 Å². The van der Waals surface area contributed by atoms with Crippen LogP contribution in [-0.2, 0) is 4.74 Å². The Bertz CT molecular complexity index is 507. The maximum Gasteiger partial charge on any atom is 0.123 e. The molecule has 0 saturated heterocycles. The van der Waals surface area contributed by atoms with Crippen LogP contribution in [0.3, 0.4) is 0 Å². The van der Waals surface area contributed by atoms with Gasteiger partial charge in [-0.2, -0.15) is 0 Å². The van der Waals surface area contributed by atoms with E-state index in [-0.39, 0.29) is 6.04 Å². The second-order valence-corrected chi connectivity index (χ2v) is 4.44. The van der Waals surface area contributed by atoms with Crippen LogP contribution >= 0.6 is 0 Å². The summed E-state index contributed by atoms with van der Waals surface area (Å²) in [5.41, 5.74) is 9.39. The van der Waals surface area contributed by atoms with E-state index in [1.165, 1.54) is 5.56 Å². The molecule has 1 aromatic carbocycles. The van der Waals surface area contributed by atoms with E-state index >= 15 is 0 Å². The third kappa shape index (κ3) is 2.97. The van der Waals surface area contributed by atoms with Crippen LogP contribution in [0.5, 0.6) is 0 Å². The number of aromatic amines is 1. The fourth-order valence-corrected chi connectivity index (χ4v) is 1.87. The summed E-state index contributed by atoms with van der Waals surface area (Å²) in [6.45, 7) is 2.72. The summed E-state index contributed by atoms with van der Waals surface area (Å²) in [7, 11) is 1.67. The molecule has 4 nitrogen and oxygen atoms in total. The van der Waals surface area contributed by atoms with Crippen molar-refractivity contribution < 1.29 is 4.74 Å². The molecule has 0 aliphatic rings. The van der Waals surface area contributed by atoms with Gasteiger partial charge in [-0.3, -0.25) is 0 Å². The van der Waals surface area contributed by atoms with E-state index in [4.69, 9.17) is 10.5 Å². The monoisotopic (exact) mass is 245 g/mol. The third-order valence-corrected chi connectivity index (χ3v) is 2.91. The number of hydrogen-bond acceptors (Lipinski definition) is 3. The van der Waals surface area contributed by atoms with Crippen LogP contribution in [0.2, 0.25) is 0 Å². The van der Waals surface area contributed by atoms with Gasteiger partial charge in [-0.15, -0.1) is 0 Å². The van der Waals surface area contributed by atoms with Gasteiger partial charge < -0.3 is 15.5 Å². The molecule has 0 fully saturated rings. The van der Waals surface area contributed by atoms with E-state index in [9.17, 15) is 0 Å². The lowest BCUT2D eigenvalue weighted by Crippen LogP contribution is -2.14. The smallest absolute Gasteiger partial charge is 0.123 e. The predicted molar refractivity (Wildman–Crippen MR) is 72.2 cm³/mol. The fraction of sp³-hybridized carbons (Fsp3) is 0.357. The molecule has 18 heavy (non-hydrogen) atoms. The number of ether oxygens (including phenoxy) is 1. The summed E-state index contributed by atoms with van der Waals surface area (Å²) in [6.07, 6.45) is 2.59. The van der Waals surface area contributed by atoms with Crippen LogP contribution in [-0.4, -0.2) is 23.7 Å². The molecule has 0 amide bonds. The highest BCUT2D eigenvalue weighted by molar-refractivity contribution is 5.59. The van der Waals surface area contributed by atoms with Gasteiger partial charge in [0.25, 0.3) is 0 Å². The molecule has 96 valence electrons. The number of nitrogens with zero attached hydrogens (tertiary/aromatic N) is 1. The SMILES string of the molecule is COCCC(N)c1ncc(-c2cccc(C)c2)[nH]1. The summed E-state index contributed by atoms with van der Waals surface area (Å²) in [5.74, 6) is 0.809. The van der Waals surface area contributed by atoms with Gasteiger partial charge in [-0.1, -0.05) is 23.8 Å². The topological polar surface area (TPSA) is 63.9 Å². The van der Waals surface area contributed by atoms with E-state index in [2.05, 4.69) is 35.1 Å². The van der Waals surface area contributed by atoms with E-state index in [0.717, 1.165) is 23.5 Å². The zero-order valence-corrected chi connectivity index (χ0v) is 10.8. The minimum atomic E-state index is -0.108. The Morgan fingerprint density at radius 1 is 1.44 bits per heavy atom. The molecular weight excluding hydrogens is 226 g/mol. The lowest BCUT2D eigenvalue weighted by Gasteiger charge is -2.07. The van der Waals surface area contributed by atoms with Gasteiger partial charge in [-0.25, -0.2) is 4.98 Å². The average molecular weight is 245 g/mol. The molecule has 0 radical (unpaired) electrons. The molecule has 3 N–H and O–H groups in total. The first-order valence-electron chi connectivity index (χ1n) is 6.07. The number of nitrogens with two attached hydrogens (primary N) is 1. The zero-order chi connectivity index (χ0) is 13.0.